The minimum atomic E-state index is -1.16. The number of carboxylic acid groups (broad SMARTS) is 1. The molecular formula is C28H28N2O4. The van der Waals surface area contributed by atoms with Crippen LogP contribution in [0.3, 0.4) is 0 Å². The number of hydrogen-bond donors (Lipinski definition) is 2. The molecule has 0 aliphatic carbocycles. The summed E-state index contributed by atoms with van der Waals surface area (Å²) in [6.07, 6.45) is 1.44. The molecule has 4 aromatic rings. The first-order valence-electron chi connectivity index (χ1n) is 11.4. The Morgan fingerprint density at radius 3 is 2.71 bits per heavy atom. The van der Waals surface area contributed by atoms with Gasteiger partial charge in [0.05, 0.1) is 17.7 Å². The Morgan fingerprint density at radius 2 is 1.97 bits per heavy atom. The van der Waals surface area contributed by atoms with Crippen LogP contribution in [0.5, 0.6) is 5.75 Å². The van der Waals surface area contributed by atoms with Crippen molar-refractivity contribution in [3.8, 4) is 16.9 Å². The van der Waals surface area contributed by atoms with Crippen LogP contribution in [0.4, 0.5) is 5.69 Å². The molecule has 0 saturated heterocycles. The van der Waals surface area contributed by atoms with Gasteiger partial charge < -0.3 is 20.3 Å². The highest BCUT2D eigenvalue weighted by atomic mass is 16.5. The number of nitrogens with zero attached hydrogens (tertiary/aromatic N) is 1. The van der Waals surface area contributed by atoms with Crippen molar-refractivity contribution < 1.29 is 19.4 Å². The number of aromatic nitrogens is 1. The molecule has 1 aliphatic rings. The van der Waals surface area contributed by atoms with Crippen LogP contribution in [-0.2, 0) is 16.0 Å². The Hall–Kier alpha value is -3.64. The van der Waals surface area contributed by atoms with Crippen molar-refractivity contribution >= 4 is 33.3 Å². The lowest BCUT2D eigenvalue weighted by Crippen LogP contribution is -2.28. The van der Waals surface area contributed by atoms with Gasteiger partial charge in [0, 0.05) is 40.2 Å². The van der Waals surface area contributed by atoms with Gasteiger partial charge in [0.2, 0.25) is 0 Å². The zero-order valence-electron chi connectivity index (χ0n) is 19.8. The van der Waals surface area contributed by atoms with Gasteiger partial charge in [-0.2, -0.15) is 0 Å². The number of ether oxygens (including phenoxy) is 2. The topological polar surface area (TPSA) is 94.7 Å². The predicted octanol–water partition coefficient (Wildman–Crippen LogP) is 5.82. The molecule has 34 heavy (non-hydrogen) atoms. The largest absolute Gasteiger partial charge is 0.493 e. The lowest BCUT2D eigenvalue weighted by molar-refractivity contribution is -0.160. The maximum atomic E-state index is 12.6. The number of hydrogen-bond acceptors (Lipinski definition) is 5. The van der Waals surface area contributed by atoms with Crippen LogP contribution in [0.1, 0.15) is 43.6 Å². The second-order valence-corrected chi connectivity index (χ2v) is 9.78. The number of aryl methyl sites for hydroxylation is 1. The summed E-state index contributed by atoms with van der Waals surface area (Å²) in [5, 5.41) is 13.0. The summed E-state index contributed by atoms with van der Waals surface area (Å²) in [6.45, 7) is 8.12. The molecule has 0 fully saturated rings. The maximum Gasteiger partial charge on any atom is 0.337 e. The number of pyridine rings is 1. The Bertz CT molecular complexity index is 1440. The second-order valence-electron chi connectivity index (χ2n) is 9.78. The number of fused-ring (bicyclic) bond motifs is 1. The van der Waals surface area contributed by atoms with E-state index in [-0.39, 0.29) is 0 Å². The Labute approximate surface area is 198 Å². The van der Waals surface area contributed by atoms with Crippen molar-refractivity contribution in [1.29, 1.82) is 0 Å². The highest BCUT2D eigenvalue weighted by molar-refractivity contribution is 6.11. The van der Waals surface area contributed by atoms with E-state index in [0.717, 1.165) is 50.5 Å². The maximum absolute atomic E-state index is 12.6. The summed E-state index contributed by atoms with van der Waals surface area (Å²) in [5.74, 6) is -0.242. The number of carbonyl (C=O) groups is 1. The number of anilines is 1. The van der Waals surface area contributed by atoms with E-state index in [9.17, 15) is 9.90 Å². The molecule has 3 N–H and O–H groups in total. The summed E-state index contributed by atoms with van der Waals surface area (Å²) in [6, 6.07) is 13.6. The molecule has 0 spiro atoms. The molecule has 6 heteroatoms. The van der Waals surface area contributed by atoms with E-state index in [1.807, 2.05) is 76.4 Å². The van der Waals surface area contributed by atoms with Crippen molar-refractivity contribution in [3.05, 3.63) is 65.4 Å². The molecule has 6 nitrogen and oxygen atoms in total. The van der Waals surface area contributed by atoms with Crippen LogP contribution in [-0.4, -0.2) is 28.3 Å². The van der Waals surface area contributed by atoms with Gasteiger partial charge in [0.25, 0.3) is 0 Å². The molecule has 1 aliphatic heterocycles. The minimum Gasteiger partial charge on any atom is -0.493 e. The van der Waals surface area contributed by atoms with Gasteiger partial charge in [-0.25, -0.2) is 4.79 Å². The van der Waals surface area contributed by atoms with E-state index in [4.69, 9.17) is 20.2 Å². The molecule has 3 aromatic carbocycles. The molecule has 1 unspecified atom stereocenters. The van der Waals surface area contributed by atoms with Crippen molar-refractivity contribution in [2.75, 3.05) is 12.3 Å². The van der Waals surface area contributed by atoms with Crippen LogP contribution in [0.2, 0.25) is 0 Å². The third-order valence-corrected chi connectivity index (χ3v) is 6.26. The van der Waals surface area contributed by atoms with Gasteiger partial charge >= 0.3 is 5.97 Å². The van der Waals surface area contributed by atoms with Crippen molar-refractivity contribution in [2.24, 2.45) is 0 Å². The van der Waals surface area contributed by atoms with E-state index in [1.54, 1.807) is 0 Å². The molecule has 1 aromatic heterocycles. The number of nitrogen functional groups attached to an aromatic ring is 1. The fourth-order valence-corrected chi connectivity index (χ4v) is 4.92. The summed E-state index contributed by atoms with van der Waals surface area (Å²) in [4.78, 5) is 17.3. The van der Waals surface area contributed by atoms with Gasteiger partial charge in [-0.3, -0.25) is 4.98 Å². The summed E-state index contributed by atoms with van der Waals surface area (Å²) < 4.78 is 12.0. The van der Waals surface area contributed by atoms with Gasteiger partial charge in [0.1, 0.15) is 5.75 Å². The molecular weight excluding hydrogens is 428 g/mol. The molecule has 2 heterocycles. The van der Waals surface area contributed by atoms with Gasteiger partial charge in [-0.1, -0.05) is 12.1 Å². The lowest BCUT2D eigenvalue weighted by Gasteiger charge is -2.29. The molecule has 0 bridgehead atoms. The first-order valence-corrected chi connectivity index (χ1v) is 11.4. The number of carboxylic acids is 1. The molecule has 0 saturated carbocycles. The molecule has 0 amide bonds. The van der Waals surface area contributed by atoms with Crippen molar-refractivity contribution in [2.45, 2.75) is 45.8 Å². The average molecular weight is 457 g/mol. The lowest BCUT2D eigenvalue weighted by atomic mass is 9.85. The standard InChI is InChI=1S/C28H28N2O4/c1-15-14-19-17(6-5-7-20(19)29)24(22(15)26(27(31)32)34-28(2,3)4)18-8-9-21-23-16(11-13-33-21)10-12-30-25(18)23/h5-10,12,14,26H,11,13,29H2,1-4H3,(H,31,32). The highest BCUT2D eigenvalue weighted by Crippen LogP contribution is 2.45. The minimum absolute atomic E-state index is 0.611. The quantitative estimate of drug-likeness (QED) is 0.376. The van der Waals surface area contributed by atoms with Crippen LogP contribution in [0, 0.1) is 6.92 Å². The number of benzene rings is 3. The van der Waals surface area contributed by atoms with Gasteiger partial charge in [-0.15, -0.1) is 0 Å². The zero-order chi connectivity index (χ0) is 24.2. The predicted molar refractivity (Wildman–Crippen MR) is 134 cm³/mol. The van der Waals surface area contributed by atoms with Gasteiger partial charge in [0.15, 0.2) is 6.10 Å². The molecule has 174 valence electrons. The second kappa shape index (κ2) is 7.99. The van der Waals surface area contributed by atoms with E-state index >= 15 is 0 Å². The van der Waals surface area contributed by atoms with Crippen molar-refractivity contribution in [1.82, 2.24) is 4.98 Å². The zero-order valence-corrected chi connectivity index (χ0v) is 19.8. The Balaban J connectivity index is 1.93. The number of aliphatic carboxylic acids is 1. The first kappa shape index (κ1) is 22.2. The monoisotopic (exact) mass is 456 g/mol. The fourth-order valence-electron chi connectivity index (χ4n) is 4.92. The SMILES string of the molecule is Cc1cc2c(N)cccc2c(-c2ccc3c4c(ccnc24)CCO3)c1C(OC(C)(C)C)C(=O)O. The number of rotatable bonds is 4. The molecule has 1 atom stereocenters. The Morgan fingerprint density at radius 1 is 1.18 bits per heavy atom. The van der Waals surface area contributed by atoms with Crippen LogP contribution >= 0.6 is 0 Å². The fraction of sp³-hybridized carbons (Fsp3) is 0.286. The van der Waals surface area contributed by atoms with E-state index in [1.165, 1.54) is 5.56 Å². The molecule has 0 radical (unpaired) electrons. The Kier molecular flexibility index (Phi) is 5.21. The normalized spacial score (nSPS) is 14.2. The summed E-state index contributed by atoms with van der Waals surface area (Å²) in [5.41, 5.74) is 11.3. The summed E-state index contributed by atoms with van der Waals surface area (Å²) in [7, 11) is 0. The van der Waals surface area contributed by atoms with E-state index < -0.39 is 17.7 Å². The van der Waals surface area contributed by atoms with Crippen LogP contribution in [0.25, 0.3) is 32.8 Å². The van der Waals surface area contributed by atoms with E-state index in [2.05, 4.69) is 0 Å². The average Bonchev–Trinajstić information content (AvgIpc) is 2.78. The third-order valence-electron chi connectivity index (χ3n) is 6.26. The van der Waals surface area contributed by atoms with E-state index in [0.29, 0.717) is 17.9 Å². The molecule has 5 rings (SSSR count). The first-order chi connectivity index (χ1) is 16.2. The van der Waals surface area contributed by atoms with Crippen molar-refractivity contribution in [3.63, 3.8) is 0 Å². The third kappa shape index (κ3) is 3.64. The van der Waals surface area contributed by atoms with Gasteiger partial charge in [-0.05, 0) is 80.1 Å². The van der Waals surface area contributed by atoms with Crippen LogP contribution in [0.15, 0.2) is 48.7 Å². The number of nitrogens with two attached hydrogens (primary N) is 1. The smallest absolute Gasteiger partial charge is 0.337 e. The van der Waals surface area contributed by atoms with Crippen LogP contribution < -0.4 is 10.5 Å². The highest BCUT2D eigenvalue weighted by Gasteiger charge is 2.32. The summed E-state index contributed by atoms with van der Waals surface area (Å²) >= 11 is 0.